The van der Waals surface area contributed by atoms with Gasteiger partial charge >= 0.3 is 0 Å². The van der Waals surface area contributed by atoms with E-state index in [1.807, 2.05) is 4.90 Å². The molecule has 1 aromatic rings. The molecular weight excluding hydrogens is 293 g/mol. The minimum absolute atomic E-state index is 0.0626. The second-order valence-electron chi connectivity index (χ2n) is 6.88. The predicted molar refractivity (Wildman–Crippen MR) is 90.1 cm³/mol. The Hall–Kier alpha value is -1.62. The van der Waals surface area contributed by atoms with Crippen LogP contribution in [0.3, 0.4) is 0 Å². The maximum absolute atomic E-state index is 14.4. The van der Waals surface area contributed by atoms with E-state index in [4.69, 9.17) is 5.73 Å². The first-order valence-corrected chi connectivity index (χ1v) is 8.65. The van der Waals surface area contributed by atoms with Crippen molar-refractivity contribution in [3.63, 3.8) is 0 Å². The number of amides is 1. The Morgan fingerprint density at radius 3 is 2.70 bits per heavy atom. The van der Waals surface area contributed by atoms with E-state index >= 15 is 0 Å². The number of halogens is 1. The van der Waals surface area contributed by atoms with E-state index < -0.39 is 0 Å². The molecule has 0 bridgehead atoms. The lowest BCUT2D eigenvalue weighted by molar-refractivity contribution is 0.0573. The summed E-state index contributed by atoms with van der Waals surface area (Å²) in [6, 6.07) is 4.96. The van der Waals surface area contributed by atoms with Crippen molar-refractivity contribution in [2.24, 2.45) is 11.7 Å². The van der Waals surface area contributed by atoms with Crippen LogP contribution in [0.2, 0.25) is 0 Å². The fourth-order valence-electron chi connectivity index (χ4n) is 3.76. The molecule has 1 aromatic carbocycles. The molecule has 0 aliphatic carbocycles. The van der Waals surface area contributed by atoms with Crippen LogP contribution in [-0.4, -0.2) is 43.0 Å². The van der Waals surface area contributed by atoms with Crippen molar-refractivity contribution in [2.75, 3.05) is 31.1 Å². The third-order valence-electron chi connectivity index (χ3n) is 5.15. The summed E-state index contributed by atoms with van der Waals surface area (Å²) in [5, 5.41) is 0. The van der Waals surface area contributed by atoms with Crippen LogP contribution in [0.5, 0.6) is 0 Å². The van der Waals surface area contributed by atoms with E-state index in [-0.39, 0.29) is 17.8 Å². The van der Waals surface area contributed by atoms with E-state index in [1.54, 1.807) is 12.1 Å². The molecule has 1 amide bonds. The zero-order valence-corrected chi connectivity index (χ0v) is 13.8. The van der Waals surface area contributed by atoms with Gasteiger partial charge in [0.2, 0.25) is 0 Å². The first-order chi connectivity index (χ1) is 11.1. The number of carbonyl (C=O) groups excluding carboxylic acids is 1. The maximum Gasteiger partial charge on any atom is 0.254 e. The minimum Gasteiger partial charge on any atom is -0.369 e. The van der Waals surface area contributed by atoms with Gasteiger partial charge in [0.15, 0.2) is 0 Å². The number of piperidine rings is 1. The van der Waals surface area contributed by atoms with Crippen LogP contribution >= 0.6 is 0 Å². The van der Waals surface area contributed by atoms with Crippen molar-refractivity contribution < 1.29 is 9.18 Å². The van der Waals surface area contributed by atoms with Crippen LogP contribution in [-0.2, 0) is 0 Å². The number of nitrogens with zero attached hydrogens (tertiary/aromatic N) is 2. The molecule has 2 fully saturated rings. The Bertz CT molecular complexity index is 571. The minimum atomic E-state index is -0.299. The Labute approximate surface area is 137 Å². The summed E-state index contributed by atoms with van der Waals surface area (Å²) in [6.45, 7) is 5.14. The highest BCUT2D eigenvalue weighted by molar-refractivity contribution is 5.95. The highest BCUT2D eigenvalue weighted by Crippen LogP contribution is 2.27. The lowest BCUT2D eigenvalue weighted by Crippen LogP contribution is -2.49. The summed E-state index contributed by atoms with van der Waals surface area (Å²) < 4.78 is 14.4. The summed E-state index contributed by atoms with van der Waals surface area (Å²) in [5.74, 6) is 0.188. The van der Waals surface area contributed by atoms with Crippen molar-refractivity contribution >= 4 is 11.6 Å². The molecule has 2 aliphatic rings. The molecule has 126 valence electrons. The number of hydrogen-bond donors (Lipinski definition) is 1. The fraction of sp³-hybridized carbons (Fsp3) is 0.611. The smallest absolute Gasteiger partial charge is 0.254 e. The first-order valence-electron chi connectivity index (χ1n) is 8.65. The molecule has 0 radical (unpaired) electrons. The zero-order valence-electron chi connectivity index (χ0n) is 13.8. The quantitative estimate of drug-likeness (QED) is 0.932. The Morgan fingerprint density at radius 1 is 1.30 bits per heavy atom. The highest BCUT2D eigenvalue weighted by Gasteiger charge is 2.30. The summed E-state index contributed by atoms with van der Waals surface area (Å²) >= 11 is 0. The fourth-order valence-corrected chi connectivity index (χ4v) is 3.76. The van der Waals surface area contributed by atoms with Gasteiger partial charge < -0.3 is 15.5 Å². The van der Waals surface area contributed by atoms with E-state index in [2.05, 4.69) is 11.8 Å². The summed E-state index contributed by atoms with van der Waals surface area (Å²) in [7, 11) is 0. The molecular formula is C18H26FN3O. The Balaban J connectivity index is 1.78. The number of likely N-dealkylation sites (tertiary alicyclic amines) is 1. The van der Waals surface area contributed by atoms with E-state index in [0.717, 1.165) is 38.8 Å². The summed E-state index contributed by atoms with van der Waals surface area (Å²) in [5.41, 5.74) is 6.88. The van der Waals surface area contributed by atoms with Crippen LogP contribution < -0.4 is 10.6 Å². The molecule has 2 unspecified atom stereocenters. The van der Waals surface area contributed by atoms with Crippen molar-refractivity contribution in [1.29, 1.82) is 0 Å². The number of carbonyl (C=O) groups is 1. The van der Waals surface area contributed by atoms with Gasteiger partial charge in [0.25, 0.3) is 5.91 Å². The second-order valence-corrected chi connectivity index (χ2v) is 6.88. The third kappa shape index (κ3) is 3.34. The van der Waals surface area contributed by atoms with Crippen LogP contribution in [0.1, 0.15) is 43.0 Å². The molecule has 5 heteroatoms. The Kier molecular flexibility index (Phi) is 4.85. The Morgan fingerprint density at radius 2 is 2.04 bits per heavy atom. The largest absolute Gasteiger partial charge is 0.369 e. The monoisotopic (exact) mass is 319 g/mol. The first kappa shape index (κ1) is 16.2. The summed E-state index contributed by atoms with van der Waals surface area (Å²) in [6.07, 6.45) is 4.11. The van der Waals surface area contributed by atoms with Crippen LogP contribution in [0.25, 0.3) is 0 Å². The zero-order chi connectivity index (χ0) is 16.4. The van der Waals surface area contributed by atoms with Crippen molar-refractivity contribution in [3.05, 3.63) is 29.6 Å². The van der Waals surface area contributed by atoms with Crippen LogP contribution in [0, 0.1) is 11.7 Å². The van der Waals surface area contributed by atoms with Gasteiger partial charge in [0, 0.05) is 37.8 Å². The highest BCUT2D eigenvalue weighted by atomic mass is 19.1. The molecule has 3 rings (SSSR count). The number of nitrogens with two attached hydrogens (primary N) is 1. The van der Waals surface area contributed by atoms with E-state index in [1.165, 1.54) is 6.07 Å². The van der Waals surface area contributed by atoms with Gasteiger partial charge in [0.1, 0.15) is 5.82 Å². The number of benzene rings is 1. The van der Waals surface area contributed by atoms with Crippen molar-refractivity contribution in [2.45, 2.75) is 38.6 Å². The van der Waals surface area contributed by atoms with Gasteiger partial charge in [-0.25, -0.2) is 4.39 Å². The molecule has 2 atom stereocenters. The van der Waals surface area contributed by atoms with Crippen molar-refractivity contribution in [1.82, 2.24) is 4.90 Å². The normalized spacial score (nSPS) is 25.0. The maximum atomic E-state index is 14.4. The molecule has 0 aromatic heterocycles. The molecule has 2 N–H and O–H groups in total. The average molecular weight is 319 g/mol. The predicted octanol–water partition coefficient (Wildman–Crippen LogP) is 2.63. The molecule has 2 saturated heterocycles. The SMILES string of the molecule is CC1CCN(C(=O)c2ccc(N3CCCC3)c(F)c2)C(CN)C1. The van der Waals surface area contributed by atoms with Crippen molar-refractivity contribution in [3.8, 4) is 0 Å². The van der Waals surface area contributed by atoms with Gasteiger partial charge in [-0.1, -0.05) is 6.92 Å². The summed E-state index contributed by atoms with van der Waals surface area (Å²) in [4.78, 5) is 16.6. The van der Waals surface area contributed by atoms with Gasteiger partial charge in [-0.3, -0.25) is 4.79 Å². The average Bonchev–Trinajstić information content (AvgIpc) is 3.08. The molecule has 23 heavy (non-hydrogen) atoms. The van der Waals surface area contributed by atoms with Gasteiger partial charge in [-0.15, -0.1) is 0 Å². The number of rotatable bonds is 3. The molecule has 0 spiro atoms. The molecule has 4 nitrogen and oxygen atoms in total. The van der Waals surface area contributed by atoms with Gasteiger partial charge in [-0.05, 0) is 49.8 Å². The number of hydrogen-bond acceptors (Lipinski definition) is 3. The standard InChI is InChI=1S/C18H26FN3O/c1-13-6-9-22(15(10-13)12-20)18(23)14-4-5-17(16(19)11-14)21-7-2-3-8-21/h4-5,11,13,15H,2-3,6-10,12,20H2,1H3. The topological polar surface area (TPSA) is 49.6 Å². The second kappa shape index (κ2) is 6.87. The lowest BCUT2D eigenvalue weighted by atomic mass is 9.92. The van der Waals surface area contributed by atoms with Gasteiger partial charge in [-0.2, -0.15) is 0 Å². The van der Waals surface area contributed by atoms with E-state index in [9.17, 15) is 9.18 Å². The van der Waals surface area contributed by atoms with Gasteiger partial charge in [0.05, 0.1) is 5.69 Å². The van der Waals surface area contributed by atoms with E-state index in [0.29, 0.717) is 30.3 Å². The molecule has 0 saturated carbocycles. The third-order valence-corrected chi connectivity index (χ3v) is 5.15. The van der Waals surface area contributed by atoms with Crippen LogP contribution in [0.4, 0.5) is 10.1 Å². The molecule has 2 heterocycles. The number of anilines is 1. The van der Waals surface area contributed by atoms with Crippen LogP contribution in [0.15, 0.2) is 18.2 Å². The lowest BCUT2D eigenvalue weighted by Gasteiger charge is -2.38. The molecule has 2 aliphatic heterocycles.